The summed E-state index contributed by atoms with van der Waals surface area (Å²) in [6, 6.07) is 5.17. The summed E-state index contributed by atoms with van der Waals surface area (Å²) in [5.74, 6) is 0.467. The van der Waals surface area contributed by atoms with Gasteiger partial charge >= 0.3 is 0 Å². The third kappa shape index (κ3) is 3.61. The quantitative estimate of drug-likeness (QED) is 0.838. The molecule has 0 spiro atoms. The Balaban J connectivity index is 2.25. The Kier molecular flexibility index (Phi) is 4.96. The standard InChI is InChI=1S/C16H22N2O3/c1-11(19)12-6-7-15(21-2)13(9-12)10-18-8-4-3-5-14(18)16(17)20/h6-7,9,14H,3-5,8,10H2,1-2H3,(H2,17,20)/t14-/m1/s1. The largest absolute Gasteiger partial charge is 0.496 e. The minimum absolute atomic E-state index is 0.0176. The van der Waals surface area contributed by atoms with Crippen molar-refractivity contribution in [3.63, 3.8) is 0 Å². The van der Waals surface area contributed by atoms with Crippen LogP contribution in [0.4, 0.5) is 0 Å². The minimum Gasteiger partial charge on any atom is -0.496 e. The molecule has 5 heteroatoms. The number of methoxy groups -OCH3 is 1. The lowest BCUT2D eigenvalue weighted by atomic mass is 9.99. The van der Waals surface area contributed by atoms with Crippen molar-refractivity contribution in [3.05, 3.63) is 29.3 Å². The molecule has 1 aliphatic rings. The maximum Gasteiger partial charge on any atom is 0.234 e. The van der Waals surface area contributed by atoms with E-state index < -0.39 is 0 Å². The minimum atomic E-state index is -0.281. The second-order valence-corrected chi connectivity index (χ2v) is 5.47. The predicted molar refractivity (Wildman–Crippen MR) is 80.2 cm³/mol. The summed E-state index contributed by atoms with van der Waals surface area (Å²) >= 11 is 0. The first-order valence-electron chi connectivity index (χ1n) is 7.24. The van der Waals surface area contributed by atoms with Gasteiger partial charge in [0.05, 0.1) is 13.2 Å². The third-order valence-electron chi connectivity index (χ3n) is 4.00. The van der Waals surface area contributed by atoms with E-state index in [4.69, 9.17) is 10.5 Å². The first-order valence-corrected chi connectivity index (χ1v) is 7.24. The first kappa shape index (κ1) is 15.5. The molecule has 1 heterocycles. The second-order valence-electron chi connectivity index (χ2n) is 5.47. The van der Waals surface area contributed by atoms with Gasteiger partial charge in [0, 0.05) is 17.7 Å². The van der Waals surface area contributed by atoms with Gasteiger partial charge in [-0.1, -0.05) is 6.42 Å². The van der Waals surface area contributed by atoms with Crippen LogP contribution in [0.15, 0.2) is 18.2 Å². The molecule has 1 amide bonds. The van der Waals surface area contributed by atoms with Gasteiger partial charge in [0.2, 0.25) is 5.91 Å². The number of rotatable bonds is 5. The lowest BCUT2D eigenvalue weighted by Crippen LogP contribution is -2.47. The maximum atomic E-state index is 11.6. The Hall–Kier alpha value is -1.88. The normalized spacial score (nSPS) is 19.2. The van der Waals surface area contributed by atoms with Crippen molar-refractivity contribution < 1.29 is 14.3 Å². The Bertz CT molecular complexity index is 542. The molecular weight excluding hydrogens is 268 g/mol. The Morgan fingerprint density at radius 1 is 1.38 bits per heavy atom. The molecule has 0 aliphatic carbocycles. The Morgan fingerprint density at radius 3 is 2.76 bits per heavy atom. The van der Waals surface area contributed by atoms with Gasteiger partial charge in [0.25, 0.3) is 0 Å². The van der Waals surface area contributed by atoms with Crippen LogP contribution in [0.25, 0.3) is 0 Å². The Labute approximate surface area is 125 Å². The molecule has 2 rings (SSSR count). The highest BCUT2D eigenvalue weighted by molar-refractivity contribution is 5.94. The molecule has 1 aliphatic heterocycles. The van der Waals surface area contributed by atoms with E-state index in [0.717, 1.165) is 37.1 Å². The van der Waals surface area contributed by atoms with Crippen LogP contribution in [0.5, 0.6) is 5.75 Å². The molecule has 0 radical (unpaired) electrons. The summed E-state index contributed by atoms with van der Waals surface area (Å²) < 4.78 is 5.36. The molecule has 1 saturated heterocycles. The molecule has 2 N–H and O–H groups in total. The maximum absolute atomic E-state index is 11.6. The monoisotopic (exact) mass is 290 g/mol. The van der Waals surface area contributed by atoms with Crippen LogP contribution >= 0.6 is 0 Å². The number of nitrogens with zero attached hydrogens (tertiary/aromatic N) is 1. The van der Waals surface area contributed by atoms with E-state index >= 15 is 0 Å². The third-order valence-corrected chi connectivity index (χ3v) is 4.00. The van der Waals surface area contributed by atoms with E-state index in [-0.39, 0.29) is 17.7 Å². The summed E-state index contributed by atoms with van der Waals surface area (Å²) in [6.45, 7) is 2.94. The second kappa shape index (κ2) is 6.72. The fourth-order valence-electron chi connectivity index (χ4n) is 2.84. The van der Waals surface area contributed by atoms with Gasteiger partial charge in [0.1, 0.15) is 5.75 Å². The van der Waals surface area contributed by atoms with E-state index in [0.29, 0.717) is 12.1 Å². The molecule has 114 valence electrons. The summed E-state index contributed by atoms with van der Waals surface area (Å²) in [6.07, 6.45) is 2.87. The Morgan fingerprint density at radius 2 is 2.14 bits per heavy atom. The van der Waals surface area contributed by atoms with Crippen LogP contribution in [0.1, 0.15) is 42.1 Å². The zero-order valence-corrected chi connectivity index (χ0v) is 12.6. The van der Waals surface area contributed by atoms with Gasteiger partial charge in [-0.15, -0.1) is 0 Å². The van der Waals surface area contributed by atoms with E-state index in [1.165, 1.54) is 0 Å². The number of piperidine rings is 1. The molecule has 0 unspecified atom stereocenters. The SMILES string of the molecule is COc1ccc(C(C)=O)cc1CN1CCCC[C@@H]1C(N)=O. The molecule has 1 aromatic rings. The van der Waals surface area contributed by atoms with Crippen molar-refractivity contribution >= 4 is 11.7 Å². The fourth-order valence-corrected chi connectivity index (χ4v) is 2.84. The molecule has 1 fully saturated rings. The molecule has 1 aromatic carbocycles. The molecule has 5 nitrogen and oxygen atoms in total. The average molecular weight is 290 g/mol. The van der Waals surface area contributed by atoms with Gasteiger partial charge in [-0.2, -0.15) is 0 Å². The molecule has 0 saturated carbocycles. The number of likely N-dealkylation sites (tertiary alicyclic amines) is 1. The van der Waals surface area contributed by atoms with E-state index in [9.17, 15) is 9.59 Å². The average Bonchev–Trinajstić information content (AvgIpc) is 2.47. The topological polar surface area (TPSA) is 72.6 Å². The number of nitrogens with two attached hydrogens (primary N) is 1. The smallest absolute Gasteiger partial charge is 0.234 e. The number of amides is 1. The summed E-state index contributed by atoms with van der Waals surface area (Å²) in [5.41, 5.74) is 7.06. The van der Waals surface area contributed by atoms with Crippen molar-refractivity contribution in [1.82, 2.24) is 4.90 Å². The van der Waals surface area contributed by atoms with Crippen molar-refractivity contribution in [3.8, 4) is 5.75 Å². The number of benzene rings is 1. The van der Waals surface area contributed by atoms with Crippen molar-refractivity contribution in [2.75, 3.05) is 13.7 Å². The molecule has 21 heavy (non-hydrogen) atoms. The number of hydrogen-bond donors (Lipinski definition) is 1. The zero-order valence-electron chi connectivity index (χ0n) is 12.6. The van der Waals surface area contributed by atoms with Gasteiger partial charge in [-0.3, -0.25) is 14.5 Å². The number of ether oxygens (including phenoxy) is 1. The van der Waals surface area contributed by atoms with Crippen LogP contribution in [0.2, 0.25) is 0 Å². The number of Topliss-reactive ketones (excluding diaryl/α,β-unsaturated/α-hetero) is 1. The lowest BCUT2D eigenvalue weighted by molar-refractivity contribution is -0.124. The summed E-state index contributed by atoms with van der Waals surface area (Å²) in [4.78, 5) is 25.2. The molecule has 0 bridgehead atoms. The van der Waals surface area contributed by atoms with E-state index in [1.54, 1.807) is 26.2 Å². The van der Waals surface area contributed by atoms with Crippen molar-refractivity contribution in [1.29, 1.82) is 0 Å². The number of hydrogen-bond acceptors (Lipinski definition) is 4. The lowest BCUT2D eigenvalue weighted by Gasteiger charge is -2.33. The van der Waals surface area contributed by atoms with Crippen molar-refractivity contribution in [2.24, 2.45) is 5.73 Å². The van der Waals surface area contributed by atoms with Gasteiger partial charge in [0.15, 0.2) is 5.78 Å². The highest BCUT2D eigenvalue weighted by Gasteiger charge is 2.27. The molecule has 0 aromatic heterocycles. The predicted octanol–water partition coefficient (Wildman–Crippen LogP) is 1.74. The summed E-state index contributed by atoms with van der Waals surface area (Å²) in [7, 11) is 1.61. The number of primary amides is 1. The van der Waals surface area contributed by atoms with Crippen molar-refractivity contribution in [2.45, 2.75) is 38.8 Å². The number of carbonyl (C=O) groups excluding carboxylic acids is 2. The van der Waals surface area contributed by atoms with Crippen LogP contribution < -0.4 is 10.5 Å². The zero-order chi connectivity index (χ0) is 15.4. The highest BCUT2D eigenvalue weighted by Crippen LogP contribution is 2.25. The van der Waals surface area contributed by atoms with E-state index in [2.05, 4.69) is 4.90 Å². The first-order chi connectivity index (χ1) is 10.0. The van der Waals surface area contributed by atoms with Crippen LogP contribution in [-0.4, -0.2) is 36.3 Å². The van der Waals surface area contributed by atoms with Gasteiger partial charge in [-0.05, 0) is 44.5 Å². The van der Waals surface area contributed by atoms with Crippen LogP contribution in [0.3, 0.4) is 0 Å². The number of carbonyl (C=O) groups is 2. The number of ketones is 1. The molecular formula is C16H22N2O3. The van der Waals surface area contributed by atoms with Gasteiger partial charge in [-0.25, -0.2) is 0 Å². The molecule has 1 atom stereocenters. The highest BCUT2D eigenvalue weighted by atomic mass is 16.5. The summed E-state index contributed by atoms with van der Waals surface area (Å²) in [5, 5.41) is 0. The van der Waals surface area contributed by atoms with Gasteiger partial charge < -0.3 is 10.5 Å². The van der Waals surface area contributed by atoms with E-state index in [1.807, 2.05) is 6.07 Å². The fraction of sp³-hybridized carbons (Fsp3) is 0.500. The van der Waals surface area contributed by atoms with Crippen LogP contribution in [-0.2, 0) is 11.3 Å². The van der Waals surface area contributed by atoms with Crippen LogP contribution in [0, 0.1) is 0 Å².